The molecule has 0 nitrogen and oxygen atoms in total. The fraction of sp³-hybridized carbons (Fsp3) is 0.294. The third-order valence-corrected chi connectivity index (χ3v) is 3.03. The van der Waals surface area contributed by atoms with Gasteiger partial charge in [0.05, 0.1) is 0 Å². The van der Waals surface area contributed by atoms with Crippen molar-refractivity contribution in [1.82, 2.24) is 0 Å². The lowest BCUT2D eigenvalue weighted by atomic mass is 9.77. The molecule has 0 aliphatic heterocycles. The van der Waals surface area contributed by atoms with E-state index in [1.54, 1.807) is 0 Å². The van der Waals surface area contributed by atoms with Crippen LogP contribution in [0.2, 0.25) is 0 Å². The molecule has 0 aliphatic carbocycles. The first kappa shape index (κ1) is 13.5. The van der Waals surface area contributed by atoms with E-state index in [1.807, 2.05) is 6.92 Å². The van der Waals surface area contributed by atoms with Crippen LogP contribution < -0.4 is 0 Å². The molecule has 0 N–H and O–H groups in total. The van der Waals surface area contributed by atoms with Crippen molar-refractivity contribution in [2.75, 3.05) is 0 Å². The quantitative estimate of drug-likeness (QED) is 0.631. The van der Waals surface area contributed by atoms with E-state index >= 15 is 0 Å². The zero-order valence-corrected chi connectivity index (χ0v) is 11.3. The largest absolute Gasteiger partial charge is 0.0877 e. The minimum atomic E-state index is 0.0350. The van der Waals surface area contributed by atoms with E-state index < -0.39 is 0 Å². The average molecular weight is 226 g/mol. The molecule has 0 saturated heterocycles. The summed E-state index contributed by atoms with van der Waals surface area (Å²) in [6, 6.07) is 10.6. The molecular weight excluding hydrogens is 204 g/mol. The summed E-state index contributed by atoms with van der Waals surface area (Å²) in [5.41, 5.74) is 2.70. The average Bonchev–Trinajstić information content (AvgIpc) is 2.35. The number of rotatable bonds is 4. The lowest BCUT2D eigenvalue weighted by Crippen LogP contribution is -2.19. The van der Waals surface area contributed by atoms with Crippen molar-refractivity contribution >= 4 is 0 Å². The van der Waals surface area contributed by atoms with Gasteiger partial charge in [-0.1, -0.05) is 74.6 Å². The first-order chi connectivity index (χ1) is 8.12. The van der Waals surface area contributed by atoms with E-state index in [0.29, 0.717) is 0 Å². The summed E-state index contributed by atoms with van der Waals surface area (Å²) in [6.07, 6.45) is 10.6. The SMILES string of the molecule is C\C=C/C=C(\C=C\C)C(C)(C)c1ccccc1. The summed E-state index contributed by atoms with van der Waals surface area (Å²) >= 11 is 0. The third kappa shape index (κ3) is 3.45. The van der Waals surface area contributed by atoms with Gasteiger partial charge in [-0.15, -0.1) is 0 Å². The van der Waals surface area contributed by atoms with Gasteiger partial charge in [-0.2, -0.15) is 0 Å². The Morgan fingerprint density at radius 2 is 1.65 bits per heavy atom. The highest BCUT2D eigenvalue weighted by Crippen LogP contribution is 2.32. The Balaban J connectivity index is 3.17. The van der Waals surface area contributed by atoms with E-state index in [9.17, 15) is 0 Å². The Morgan fingerprint density at radius 1 is 1.00 bits per heavy atom. The van der Waals surface area contributed by atoms with Gasteiger partial charge >= 0.3 is 0 Å². The Morgan fingerprint density at radius 3 is 2.18 bits per heavy atom. The third-order valence-electron chi connectivity index (χ3n) is 3.03. The van der Waals surface area contributed by atoms with Gasteiger partial charge in [0.25, 0.3) is 0 Å². The Bertz CT molecular complexity index is 417. The second kappa shape index (κ2) is 6.24. The molecule has 0 unspecified atom stereocenters. The molecule has 0 bridgehead atoms. The predicted molar refractivity (Wildman–Crippen MR) is 77.2 cm³/mol. The van der Waals surface area contributed by atoms with Crippen molar-refractivity contribution in [1.29, 1.82) is 0 Å². The van der Waals surface area contributed by atoms with Crippen LogP contribution in [0.1, 0.15) is 33.3 Å². The van der Waals surface area contributed by atoms with E-state index in [1.165, 1.54) is 11.1 Å². The lowest BCUT2D eigenvalue weighted by Gasteiger charge is -2.27. The zero-order valence-electron chi connectivity index (χ0n) is 11.3. The molecule has 17 heavy (non-hydrogen) atoms. The smallest absolute Gasteiger partial charge is 0.0146 e. The number of allylic oxidation sites excluding steroid dienone is 6. The standard InChI is InChI=1S/C17H22/c1-5-7-12-15(11-6-2)17(3,4)16-13-9-8-10-14-16/h5-14H,1-4H3/b7-5-,11-6+,15-12+. The molecule has 0 fully saturated rings. The second-order valence-electron chi connectivity index (χ2n) is 4.64. The molecule has 0 saturated carbocycles. The van der Waals surface area contributed by atoms with Gasteiger partial charge in [0, 0.05) is 5.41 Å². The normalized spacial score (nSPS) is 13.8. The van der Waals surface area contributed by atoms with Crippen molar-refractivity contribution in [2.24, 2.45) is 0 Å². The summed E-state index contributed by atoms with van der Waals surface area (Å²) in [4.78, 5) is 0. The summed E-state index contributed by atoms with van der Waals surface area (Å²) in [5.74, 6) is 0. The van der Waals surface area contributed by atoms with Crippen LogP contribution in [0.15, 0.2) is 66.3 Å². The van der Waals surface area contributed by atoms with Crippen molar-refractivity contribution in [2.45, 2.75) is 33.1 Å². The van der Waals surface area contributed by atoms with Gasteiger partial charge in [0.1, 0.15) is 0 Å². The monoisotopic (exact) mass is 226 g/mol. The molecule has 0 radical (unpaired) electrons. The van der Waals surface area contributed by atoms with Gasteiger partial charge in [0.2, 0.25) is 0 Å². The van der Waals surface area contributed by atoms with Gasteiger partial charge in [0.15, 0.2) is 0 Å². The van der Waals surface area contributed by atoms with Crippen molar-refractivity contribution < 1.29 is 0 Å². The second-order valence-corrected chi connectivity index (χ2v) is 4.64. The van der Waals surface area contributed by atoms with Crippen LogP contribution in [-0.4, -0.2) is 0 Å². The fourth-order valence-corrected chi connectivity index (χ4v) is 1.87. The highest BCUT2D eigenvalue weighted by atomic mass is 14.3. The molecule has 1 rings (SSSR count). The summed E-state index contributed by atoms with van der Waals surface area (Å²) in [6.45, 7) is 8.62. The molecule has 0 spiro atoms. The summed E-state index contributed by atoms with van der Waals surface area (Å²) < 4.78 is 0. The number of hydrogen-bond acceptors (Lipinski definition) is 0. The molecule has 90 valence electrons. The molecule has 0 atom stereocenters. The molecule has 1 aromatic carbocycles. The highest BCUT2D eigenvalue weighted by molar-refractivity contribution is 5.41. The molecule has 1 aromatic rings. The zero-order chi connectivity index (χ0) is 12.7. The Labute approximate surface area is 105 Å². The summed E-state index contributed by atoms with van der Waals surface area (Å²) in [7, 11) is 0. The van der Waals surface area contributed by atoms with Crippen molar-refractivity contribution in [3.63, 3.8) is 0 Å². The Kier molecular flexibility index (Phi) is 4.96. The van der Waals surface area contributed by atoms with Crippen LogP contribution >= 0.6 is 0 Å². The first-order valence-electron chi connectivity index (χ1n) is 6.14. The molecule has 0 heteroatoms. The van der Waals surface area contributed by atoms with Gasteiger partial charge in [-0.05, 0) is 25.0 Å². The molecular formula is C17H22. The molecule has 0 heterocycles. The van der Waals surface area contributed by atoms with E-state index in [-0.39, 0.29) is 5.41 Å². The van der Waals surface area contributed by atoms with Gasteiger partial charge < -0.3 is 0 Å². The molecule has 0 aromatic heterocycles. The number of benzene rings is 1. The van der Waals surface area contributed by atoms with E-state index in [4.69, 9.17) is 0 Å². The minimum Gasteiger partial charge on any atom is -0.0877 e. The maximum Gasteiger partial charge on any atom is 0.0146 e. The van der Waals surface area contributed by atoms with Crippen LogP contribution in [0.3, 0.4) is 0 Å². The van der Waals surface area contributed by atoms with Crippen LogP contribution in [0.5, 0.6) is 0 Å². The summed E-state index contributed by atoms with van der Waals surface area (Å²) in [5, 5.41) is 0. The maximum absolute atomic E-state index is 2.26. The van der Waals surface area contributed by atoms with Gasteiger partial charge in [-0.3, -0.25) is 0 Å². The first-order valence-corrected chi connectivity index (χ1v) is 6.14. The Hall–Kier alpha value is -1.56. The van der Waals surface area contributed by atoms with Crippen LogP contribution in [0, 0.1) is 0 Å². The van der Waals surface area contributed by atoms with E-state index in [2.05, 4.69) is 81.5 Å². The maximum atomic E-state index is 2.26. The van der Waals surface area contributed by atoms with Crippen LogP contribution in [-0.2, 0) is 5.41 Å². The van der Waals surface area contributed by atoms with Crippen LogP contribution in [0.25, 0.3) is 0 Å². The van der Waals surface area contributed by atoms with Crippen LogP contribution in [0.4, 0.5) is 0 Å². The minimum absolute atomic E-state index is 0.0350. The predicted octanol–water partition coefficient (Wildman–Crippen LogP) is 5.04. The number of hydrogen-bond donors (Lipinski definition) is 0. The van der Waals surface area contributed by atoms with E-state index in [0.717, 1.165) is 0 Å². The van der Waals surface area contributed by atoms with Crippen molar-refractivity contribution in [3.05, 3.63) is 71.8 Å². The molecule has 0 amide bonds. The fourth-order valence-electron chi connectivity index (χ4n) is 1.87. The highest BCUT2D eigenvalue weighted by Gasteiger charge is 2.22. The van der Waals surface area contributed by atoms with Crippen molar-refractivity contribution in [3.8, 4) is 0 Å². The molecule has 0 aliphatic rings. The lowest BCUT2D eigenvalue weighted by molar-refractivity contribution is 0.639. The van der Waals surface area contributed by atoms with Gasteiger partial charge in [-0.25, -0.2) is 0 Å². The topological polar surface area (TPSA) is 0 Å².